The van der Waals surface area contributed by atoms with Gasteiger partial charge < -0.3 is 28.8 Å². The van der Waals surface area contributed by atoms with Gasteiger partial charge in [0.2, 0.25) is 0 Å². The van der Waals surface area contributed by atoms with Gasteiger partial charge in [-0.1, -0.05) is 13.0 Å². The van der Waals surface area contributed by atoms with Gasteiger partial charge in [-0.25, -0.2) is 4.98 Å². The van der Waals surface area contributed by atoms with Crippen LogP contribution in [0.5, 0.6) is 17.2 Å². The first-order chi connectivity index (χ1) is 19.4. The van der Waals surface area contributed by atoms with Crippen LogP contribution >= 0.6 is 0 Å². The molecule has 0 saturated carbocycles. The molecule has 0 spiro atoms. The number of nitrogens with zero attached hydrogens (tertiary/aromatic N) is 3. The van der Waals surface area contributed by atoms with E-state index < -0.39 is 17.7 Å². The lowest BCUT2D eigenvalue weighted by molar-refractivity contribution is -0.139. The van der Waals surface area contributed by atoms with E-state index in [9.17, 15) is 14.7 Å². The lowest BCUT2D eigenvalue weighted by atomic mass is 9.94. The Kier molecular flexibility index (Phi) is 8.09. The predicted octanol–water partition coefficient (Wildman–Crippen LogP) is 4.91. The summed E-state index contributed by atoms with van der Waals surface area (Å²) in [5, 5.41) is 11.5. The van der Waals surface area contributed by atoms with E-state index in [2.05, 4.69) is 4.98 Å². The number of imidazole rings is 1. The highest BCUT2D eigenvalue weighted by Crippen LogP contribution is 2.43. The number of likely N-dealkylation sites (tertiary alicyclic amines) is 1. The maximum atomic E-state index is 13.5. The topological polar surface area (TPSA) is 103 Å². The van der Waals surface area contributed by atoms with E-state index in [1.807, 2.05) is 43.7 Å². The van der Waals surface area contributed by atoms with Crippen molar-refractivity contribution < 1.29 is 28.9 Å². The lowest BCUT2D eigenvalue weighted by Gasteiger charge is -2.26. The van der Waals surface area contributed by atoms with Crippen LogP contribution in [0.1, 0.15) is 56.3 Å². The van der Waals surface area contributed by atoms with Gasteiger partial charge in [0, 0.05) is 37.5 Å². The van der Waals surface area contributed by atoms with Gasteiger partial charge in [-0.2, -0.15) is 0 Å². The Morgan fingerprint density at radius 3 is 2.70 bits per heavy atom. The number of ether oxygens (including phenoxy) is 3. The monoisotopic (exact) mass is 545 g/mol. The molecule has 0 bridgehead atoms. The van der Waals surface area contributed by atoms with Crippen molar-refractivity contribution in [1.29, 1.82) is 0 Å². The second kappa shape index (κ2) is 11.9. The third-order valence-corrected chi connectivity index (χ3v) is 7.13. The number of fused-ring (bicyclic) bond motifs is 1. The highest BCUT2D eigenvalue weighted by Gasteiger charge is 2.46. The van der Waals surface area contributed by atoms with E-state index >= 15 is 0 Å². The first kappa shape index (κ1) is 27.3. The number of aliphatic hydroxyl groups excluding tert-OH is 1. The van der Waals surface area contributed by atoms with Crippen molar-refractivity contribution in [2.45, 2.75) is 58.7 Å². The summed E-state index contributed by atoms with van der Waals surface area (Å²) in [6, 6.07) is 10.0. The van der Waals surface area contributed by atoms with E-state index in [0.29, 0.717) is 61.8 Å². The molecule has 1 N–H and O–H groups in total. The van der Waals surface area contributed by atoms with Gasteiger partial charge >= 0.3 is 0 Å². The fraction of sp³-hybridized carbons (Fsp3) is 0.387. The van der Waals surface area contributed by atoms with Crippen LogP contribution in [0.15, 0.2) is 60.7 Å². The van der Waals surface area contributed by atoms with Crippen molar-refractivity contribution in [3.05, 3.63) is 77.4 Å². The van der Waals surface area contributed by atoms with Gasteiger partial charge in [-0.3, -0.25) is 9.59 Å². The Balaban J connectivity index is 1.56. The number of aliphatic hydroxyl groups is 1. The number of carbonyl (C=O) groups excluding carboxylic acids is 2. The molecular formula is C31H35N3O6. The second-order valence-electron chi connectivity index (χ2n) is 10.1. The molecule has 2 atom stereocenters. The van der Waals surface area contributed by atoms with Crippen LogP contribution in [0.25, 0.3) is 5.76 Å². The number of benzene rings is 2. The molecule has 1 saturated heterocycles. The van der Waals surface area contributed by atoms with Crippen LogP contribution < -0.4 is 14.2 Å². The molecule has 2 aromatic carbocycles. The Morgan fingerprint density at radius 1 is 1.10 bits per heavy atom. The van der Waals surface area contributed by atoms with Crippen molar-refractivity contribution in [1.82, 2.24) is 14.5 Å². The zero-order valence-electron chi connectivity index (χ0n) is 23.1. The smallest absolute Gasteiger partial charge is 0.295 e. The van der Waals surface area contributed by atoms with Gasteiger partial charge in [-0.15, -0.1) is 0 Å². The summed E-state index contributed by atoms with van der Waals surface area (Å²) in [5.74, 6) is 0.342. The van der Waals surface area contributed by atoms with Crippen LogP contribution in [0.4, 0.5) is 0 Å². The average molecular weight is 546 g/mol. The SMILES string of the molecule is CCCOc1ccc([C@H]2/C(=C(\O)c3ccc4c(c3)C[C@H](C)O4)C(=O)C(=O)N2CCCn2ccnc2)cc1OCC. The molecule has 9 nitrogen and oxygen atoms in total. The molecule has 40 heavy (non-hydrogen) atoms. The third kappa shape index (κ3) is 5.41. The number of carbonyl (C=O) groups is 2. The van der Waals surface area contributed by atoms with Crippen LogP contribution in [0.2, 0.25) is 0 Å². The molecule has 2 aliphatic rings. The molecular weight excluding hydrogens is 510 g/mol. The Labute approximate surface area is 234 Å². The van der Waals surface area contributed by atoms with E-state index in [1.165, 1.54) is 0 Å². The second-order valence-corrected chi connectivity index (χ2v) is 10.1. The van der Waals surface area contributed by atoms with Gasteiger partial charge in [-0.05, 0) is 68.1 Å². The fourth-order valence-electron chi connectivity index (χ4n) is 5.32. The number of aromatic nitrogens is 2. The first-order valence-corrected chi connectivity index (χ1v) is 13.8. The van der Waals surface area contributed by atoms with Crippen LogP contribution in [-0.2, 0) is 22.6 Å². The number of hydrogen-bond acceptors (Lipinski definition) is 7. The van der Waals surface area contributed by atoms with Gasteiger partial charge in [0.25, 0.3) is 11.7 Å². The number of ketones is 1. The molecule has 0 unspecified atom stereocenters. The predicted molar refractivity (Wildman–Crippen MR) is 149 cm³/mol. The summed E-state index contributed by atoms with van der Waals surface area (Å²) in [7, 11) is 0. The van der Waals surface area contributed by atoms with Crippen molar-refractivity contribution >= 4 is 17.4 Å². The first-order valence-electron chi connectivity index (χ1n) is 13.8. The number of Topliss-reactive ketones (excluding diaryl/α,β-unsaturated/α-hetero) is 1. The zero-order chi connectivity index (χ0) is 28.2. The minimum absolute atomic E-state index is 0.0406. The molecule has 1 amide bonds. The van der Waals surface area contributed by atoms with Crippen molar-refractivity contribution in [2.24, 2.45) is 0 Å². The molecule has 5 rings (SSSR count). The Hall–Kier alpha value is -4.27. The van der Waals surface area contributed by atoms with E-state index in [0.717, 1.165) is 17.7 Å². The maximum Gasteiger partial charge on any atom is 0.295 e. The van der Waals surface area contributed by atoms with Gasteiger partial charge in [0.1, 0.15) is 17.6 Å². The summed E-state index contributed by atoms with van der Waals surface area (Å²) in [6.07, 6.45) is 7.46. The summed E-state index contributed by atoms with van der Waals surface area (Å²) < 4.78 is 19.5. The van der Waals surface area contributed by atoms with E-state index in [4.69, 9.17) is 14.2 Å². The number of aryl methyl sites for hydroxylation is 1. The molecule has 1 aromatic heterocycles. The zero-order valence-corrected chi connectivity index (χ0v) is 23.1. The molecule has 9 heteroatoms. The fourth-order valence-corrected chi connectivity index (χ4v) is 5.32. The molecule has 0 radical (unpaired) electrons. The van der Waals surface area contributed by atoms with Crippen molar-refractivity contribution in [3.63, 3.8) is 0 Å². The quantitative estimate of drug-likeness (QED) is 0.208. The van der Waals surface area contributed by atoms with E-state index in [-0.39, 0.29) is 17.4 Å². The summed E-state index contributed by atoms with van der Waals surface area (Å²) in [6.45, 7) is 7.80. The molecule has 1 fully saturated rings. The minimum atomic E-state index is -0.786. The average Bonchev–Trinajstić information content (AvgIpc) is 3.66. The van der Waals surface area contributed by atoms with Crippen LogP contribution in [-0.4, -0.2) is 57.1 Å². The highest BCUT2D eigenvalue weighted by atomic mass is 16.5. The Morgan fingerprint density at radius 2 is 1.95 bits per heavy atom. The summed E-state index contributed by atoms with van der Waals surface area (Å²) >= 11 is 0. The molecule has 0 aliphatic carbocycles. The molecule has 3 aromatic rings. The van der Waals surface area contributed by atoms with Crippen LogP contribution in [0, 0.1) is 0 Å². The van der Waals surface area contributed by atoms with Gasteiger partial charge in [0.15, 0.2) is 11.5 Å². The maximum absolute atomic E-state index is 13.5. The minimum Gasteiger partial charge on any atom is -0.507 e. The molecule has 210 valence electrons. The largest absolute Gasteiger partial charge is 0.507 e. The number of amides is 1. The third-order valence-electron chi connectivity index (χ3n) is 7.13. The number of hydrogen-bond donors (Lipinski definition) is 1. The van der Waals surface area contributed by atoms with Crippen molar-refractivity contribution in [3.8, 4) is 17.2 Å². The standard InChI is InChI=1S/C31H35N3O6/c1-4-15-39-25-10-7-21(18-26(25)38-5-2)28-27(29(35)22-8-9-24-23(17-22)16-20(3)40-24)30(36)31(37)34(28)13-6-12-33-14-11-32-19-33/h7-11,14,17-20,28,35H,4-6,12-13,15-16H2,1-3H3/b29-27+/t20-,28-/m0/s1. The highest BCUT2D eigenvalue weighted by molar-refractivity contribution is 6.46. The Bertz CT molecular complexity index is 1410. The molecule has 2 aliphatic heterocycles. The number of rotatable bonds is 11. The summed E-state index contributed by atoms with van der Waals surface area (Å²) in [4.78, 5) is 32.5. The lowest BCUT2D eigenvalue weighted by Crippen LogP contribution is -2.31. The summed E-state index contributed by atoms with van der Waals surface area (Å²) in [5.41, 5.74) is 2.16. The normalized spacial score (nSPS) is 19.5. The van der Waals surface area contributed by atoms with Crippen molar-refractivity contribution in [2.75, 3.05) is 19.8 Å². The van der Waals surface area contributed by atoms with Gasteiger partial charge in [0.05, 0.1) is 31.2 Å². The van der Waals surface area contributed by atoms with E-state index in [1.54, 1.807) is 41.7 Å². The molecule has 3 heterocycles. The van der Waals surface area contributed by atoms with Crippen LogP contribution in [0.3, 0.4) is 0 Å².